The van der Waals surface area contributed by atoms with Crippen LogP contribution in [0.2, 0.25) is 0 Å². The highest BCUT2D eigenvalue weighted by atomic mass is 16.5. The Morgan fingerprint density at radius 3 is 2.50 bits per heavy atom. The summed E-state index contributed by atoms with van der Waals surface area (Å²) in [6, 6.07) is 4.03. The number of benzene rings is 1. The maximum Gasteiger partial charge on any atom is 0.169 e. The van der Waals surface area contributed by atoms with Crippen LogP contribution in [0.15, 0.2) is 12.1 Å². The summed E-state index contributed by atoms with van der Waals surface area (Å²) in [6.45, 7) is 6.54. The Morgan fingerprint density at radius 2 is 1.94 bits per heavy atom. The molecule has 0 spiro atoms. The molecule has 0 unspecified atom stereocenters. The highest BCUT2D eigenvalue weighted by Crippen LogP contribution is 2.37. The fourth-order valence-corrected chi connectivity index (χ4v) is 1.97. The Morgan fingerprint density at radius 1 is 1.31 bits per heavy atom. The van der Waals surface area contributed by atoms with Crippen molar-refractivity contribution in [2.45, 2.75) is 33.6 Å². The zero-order chi connectivity index (χ0) is 11.7. The molecular formula is C14H18O2. The van der Waals surface area contributed by atoms with Gasteiger partial charge in [0.1, 0.15) is 5.75 Å². The number of hydrogen-bond acceptors (Lipinski definition) is 2. The predicted octanol–water partition coefficient (Wildman–Crippen LogP) is 3.29. The van der Waals surface area contributed by atoms with Crippen LogP contribution in [0, 0.1) is 19.8 Å². The number of Topliss-reactive ketones (excluding diaryl/α,β-unsaturated/α-hetero) is 1. The zero-order valence-electron chi connectivity index (χ0n) is 10.2. The Labute approximate surface area is 96.6 Å². The molecule has 1 fully saturated rings. The molecule has 1 aliphatic rings. The van der Waals surface area contributed by atoms with Crippen molar-refractivity contribution in [3.8, 4) is 5.75 Å². The van der Waals surface area contributed by atoms with E-state index >= 15 is 0 Å². The molecule has 1 saturated carbocycles. The average molecular weight is 218 g/mol. The van der Waals surface area contributed by atoms with Crippen LogP contribution in [-0.4, -0.2) is 12.4 Å². The SMILES string of the molecule is CCOc1c(C)ccc(C)c1C(=O)C1CC1. The third kappa shape index (κ3) is 1.97. The van der Waals surface area contributed by atoms with Crippen LogP contribution in [0.25, 0.3) is 0 Å². The minimum absolute atomic E-state index is 0.250. The average Bonchev–Trinajstić information content (AvgIpc) is 3.07. The molecule has 0 radical (unpaired) electrons. The molecule has 2 heteroatoms. The lowest BCUT2D eigenvalue weighted by atomic mass is 9.98. The molecule has 1 aromatic carbocycles. The van der Waals surface area contributed by atoms with Crippen LogP contribution in [0.4, 0.5) is 0 Å². The van der Waals surface area contributed by atoms with Gasteiger partial charge in [-0.1, -0.05) is 12.1 Å². The van der Waals surface area contributed by atoms with Gasteiger partial charge in [-0.15, -0.1) is 0 Å². The molecule has 0 aromatic heterocycles. The van der Waals surface area contributed by atoms with E-state index in [9.17, 15) is 4.79 Å². The second-order valence-electron chi connectivity index (χ2n) is 4.48. The molecule has 0 bridgehead atoms. The van der Waals surface area contributed by atoms with Gasteiger partial charge in [0.25, 0.3) is 0 Å². The monoisotopic (exact) mass is 218 g/mol. The van der Waals surface area contributed by atoms with E-state index in [1.54, 1.807) is 0 Å². The molecule has 2 rings (SSSR count). The van der Waals surface area contributed by atoms with Crippen molar-refractivity contribution in [1.82, 2.24) is 0 Å². The number of ketones is 1. The van der Waals surface area contributed by atoms with Crippen LogP contribution in [0.3, 0.4) is 0 Å². The summed E-state index contributed by atoms with van der Waals surface area (Å²) in [5.74, 6) is 1.31. The molecule has 0 amide bonds. The van der Waals surface area contributed by atoms with E-state index in [0.717, 1.165) is 35.3 Å². The van der Waals surface area contributed by atoms with E-state index in [2.05, 4.69) is 0 Å². The van der Waals surface area contributed by atoms with Gasteiger partial charge < -0.3 is 4.74 Å². The second kappa shape index (κ2) is 4.28. The van der Waals surface area contributed by atoms with Crippen molar-refractivity contribution in [3.05, 3.63) is 28.8 Å². The Hall–Kier alpha value is -1.31. The number of carbonyl (C=O) groups excluding carboxylic acids is 1. The summed E-state index contributed by atoms with van der Waals surface area (Å²) in [5, 5.41) is 0. The predicted molar refractivity (Wildman–Crippen MR) is 64.1 cm³/mol. The van der Waals surface area contributed by atoms with Crippen LogP contribution < -0.4 is 4.74 Å². The lowest BCUT2D eigenvalue weighted by Crippen LogP contribution is -2.09. The fraction of sp³-hybridized carbons (Fsp3) is 0.500. The normalized spacial score (nSPS) is 14.9. The lowest BCUT2D eigenvalue weighted by Gasteiger charge is -2.14. The van der Waals surface area contributed by atoms with Crippen LogP contribution in [0.5, 0.6) is 5.75 Å². The van der Waals surface area contributed by atoms with Crippen LogP contribution in [-0.2, 0) is 0 Å². The first kappa shape index (κ1) is 11.2. The molecule has 0 atom stereocenters. The van der Waals surface area contributed by atoms with Crippen molar-refractivity contribution in [2.75, 3.05) is 6.61 Å². The van der Waals surface area contributed by atoms with Crippen molar-refractivity contribution in [3.63, 3.8) is 0 Å². The van der Waals surface area contributed by atoms with E-state index in [4.69, 9.17) is 4.74 Å². The van der Waals surface area contributed by atoms with Gasteiger partial charge in [-0.2, -0.15) is 0 Å². The van der Waals surface area contributed by atoms with Crippen LogP contribution in [0.1, 0.15) is 41.3 Å². The minimum atomic E-state index is 0.250. The highest BCUT2D eigenvalue weighted by Gasteiger charge is 2.33. The standard InChI is InChI=1S/C14H18O2/c1-4-16-14-10(3)6-5-9(2)12(14)13(15)11-7-8-11/h5-6,11H,4,7-8H2,1-3H3. The van der Waals surface area contributed by atoms with E-state index in [-0.39, 0.29) is 11.7 Å². The Kier molecular flexibility index (Phi) is 2.99. The molecule has 16 heavy (non-hydrogen) atoms. The molecule has 1 aromatic rings. The van der Waals surface area contributed by atoms with Gasteiger partial charge in [-0.05, 0) is 44.7 Å². The van der Waals surface area contributed by atoms with E-state index in [1.165, 1.54) is 0 Å². The van der Waals surface area contributed by atoms with Gasteiger partial charge in [0.2, 0.25) is 0 Å². The van der Waals surface area contributed by atoms with E-state index in [0.29, 0.717) is 6.61 Å². The van der Waals surface area contributed by atoms with Gasteiger partial charge >= 0.3 is 0 Å². The topological polar surface area (TPSA) is 26.3 Å². The highest BCUT2D eigenvalue weighted by molar-refractivity contribution is 6.03. The van der Waals surface area contributed by atoms with Crippen molar-refractivity contribution < 1.29 is 9.53 Å². The molecule has 1 aliphatic carbocycles. The number of rotatable bonds is 4. The van der Waals surface area contributed by atoms with Crippen LogP contribution >= 0.6 is 0 Å². The van der Waals surface area contributed by atoms with Gasteiger partial charge in [0.15, 0.2) is 5.78 Å². The van der Waals surface area contributed by atoms with Gasteiger partial charge in [-0.25, -0.2) is 0 Å². The molecule has 2 nitrogen and oxygen atoms in total. The summed E-state index contributed by atoms with van der Waals surface area (Å²) in [5.41, 5.74) is 2.90. The first-order valence-corrected chi connectivity index (χ1v) is 5.92. The summed E-state index contributed by atoms with van der Waals surface area (Å²) in [6.07, 6.45) is 2.08. The molecule has 0 N–H and O–H groups in total. The Balaban J connectivity index is 2.46. The number of carbonyl (C=O) groups is 1. The molecule has 0 saturated heterocycles. The third-order valence-electron chi connectivity index (χ3n) is 3.05. The number of ether oxygens (including phenoxy) is 1. The minimum Gasteiger partial charge on any atom is -0.493 e. The fourth-order valence-electron chi connectivity index (χ4n) is 1.97. The van der Waals surface area contributed by atoms with Crippen molar-refractivity contribution in [1.29, 1.82) is 0 Å². The largest absolute Gasteiger partial charge is 0.493 e. The quantitative estimate of drug-likeness (QED) is 0.725. The summed E-state index contributed by atoms with van der Waals surface area (Å²) in [7, 11) is 0. The lowest BCUT2D eigenvalue weighted by molar-refractivity contribution is 0.0963. The Bertz CT molecular complexity index is 417. The van der Waals surface area contributed by atoms with Gasteiger partial charge in [0.05, 0.1) is 12.2 Å². The number of aryl methyl sites for hydroxylation is 2. The summed E-state index contributed by atoms with van der Waals surface area (Å²) < 4.78 is 5.63. The van der Waals surface area contributed by atoms with Gasteiger partial charge in [0, 0.05) is 5.92 Å². The summed E-state index contributed by atoms with van der Waals surface area (Å²) in [4.78, 5) is 12.2. The maximum absolute atomic E-state index is 12.2. The first-order valence-electron chi connectivity index (χ1n) is 5.92. The first-order chi connectivity index (χ1) is 7.65. The maximum atomic E-state index is 12.2. The van der Waals surface area contributed by atoms with E-state index in [1.807, 2.05) is 32.9 Å². The van der Waals surface area contributed by atoms with Crippen molar-refractivity contribution >= 4 is 5.78 Å². The molecule has 0 aliphatic heterocycles. The van der Waals surface area contributed by atoms with E-state index < -0.39 is 0 Å². The second-order valence-corrected chi connectivity index (χ2v) is 4.48. The number of hydrogen-bond donors (Lipinski definition) is 0. The smallest absolute Gasteiger partial charge is 0.169 e. The van der Waals surface area contributed by atoms with Crippen molar-refractivity contribution in [2.24, 2.45) is 5.92 Å². The molecule has 0 heterocycles. The van der Waals surface area contributed by atoms with Gasteiger partial charge in [-0.3, -0.25) is 4.79 Å². The summed E-state index contributed by atoms with van der Waals surface area (Å²) >= 11 is 0. The third-order valence-corrected chi connectivity index (χ3v) is 3.05. The molecule has 86 valence electrons. The zero-order valence-corrected chi connectivity index (χ0v) is 10.2. The molecular weight excluding hydrogens is 200 g/mol.